The van der Waals surface area contributed by atoms with E-state index in [1.165, 1.54) is 0 Å². The molecule has 2 aromatic rings. The average Bonchev–Trinajstić information content (AvgIpc) is 2.97. The number of rotatable bonds is 4. The van der Waals surface area contributed by atoms with Crippen molar-refractivity contribution in [3.05, 3.63) is 59.2 Å². The predicted molar refractivity (Wildman–Crippen MR) is 103 cm³/mol. The van der Waals surface area contributed by atoms with E-state index in [-0.39, 0.29) is 24.2 Å². The molecule has 4 nitrogen and oxygen atoms in total. The number of para-hydroxylation sites is 1. The van der Waals surface area contributed by atoms with Crippen LogP contribution in [0, 0.1) is 19.8 Å². The summed E-state index contributed by atoms with van der Waals surface area (Å²) in [7, 11) is 0. The summed E-state index contributed by atoms with van der Waals surface area (Å²) < 4.78 is 5.72. The van der Waals surface area contributed by atoms with E-state index < -0.39 is 5.92 Å². The lowest BCUT2D eigenvalue weighted by molar-refractivity contribution is -0.139. The van der Waals surface area contributed by atoms with Gasteiger partial charge in [-0.1, -0.05) is 44.2 Å². The third-order valence-corrected chi connectivity index (χ3v) is 4.87. The summed E-state index contributed by atoms with van der Waals surface area (Å²) in [6.07, 6.45) is 0.190. The van der Waals surface area contributed by atoms with Crippen molar-refractivity contribution in [3.8, 4) is 5.75 Å². The van der Waals surface area contributed by atoms with E-state index in [1.807, 2.05) is 56.3 Å². The lowest BCUT2D eigenvalue weighted by atomic mass is 10.0. The van der Waals surface area contributed by atoms with Gasteiger partial charge < -0.3 is 9.64 Å². The van der Waals surface area contributed by atoms with E-state index in [9.17, 15) is 9.59 Å². The standard InChI is InChI=1S/C22H25NO3/c1-14(2)18-10-9-15(3)11-20(18)26-22(25)17-12-21(24)23(13-17)19-8-6-5-7-16(19)4/h5-11,14,17H,12-13H2,1-4H3/t17-/m0/s1. The van der Waals surface area contributed by atoms with Crippen LogP contribution in [0.4, 0.5) is 5.69 Å². The van der Waals surface area contributed by atoms with Gasteiger partial charge in [0.05, 0.1) is 5.92 Å². The van der Waals surface area contributed by atoms with Crippen molar-refractivity contribution in [1.82, 2.24) is 0 Å². The van der Waals surface area contributed by atoms with Crippen LogP contribution in [-0.2, 0) is 9.59 Å². The summed E-state index contributed by atoms with van der Waals surface area (Å²) in [6, 6.07) is 13.6. The van der Waals surface area contributed by atoms with Gasteiger partial charge in [-0.05, 0) is 48.6 Å². The molecule has 0 saturated carbocycles. The Morgan fingerprint density at radius 2 is 1.88 bits per heavy atom. The Hall–Kier alpha value is -2.62. The molecule has 0 aliphatic carbocycles. The summed E-state index contributed by atoms with van der Waals surface area (Å²) in [4.78, 5) is 26.8. The predicted octanol–water partition coefficient (Wildman–Crippen LogP) is 4.39. The van der Waals surface area contributed by atoms with Crippen molar-refractivity contribution < 1.29 is 14.3 Å². The monoisotopic (exact) mass is 351 g/mol. The zero-order valence-electron chi connectivity index (χ0n) is 15.8. The van der Waals surface area contributed by atoms with E-state index in [4.69, 9.17) is 4.74 Å². The van der Waals surface area contributed by atoms with Crippen LogP contribution >= 0.6 is 0 Å². The molecule has 1 fully saturated rings. The molecule has 0 radical (unpaired) electrons. The number of amides is 1. The first-order chi connectivity index (χ1) is 12.4. The molecule has 0 spiro atoms. The summed E-state index contributed by atoms with van der Waals surface area (Å²) in [5.74, 6) is 0.0537. The Balaban J connectivity index is 1.77. The first-order valence-electron chi connectivity index (χ1n) is 9.05. The summed E-state index contributed by atoms with van der Waals surface area (Å²) in [5, 5.41) is 0. The molecule has 1 saturated heterocycles. The van der Waals surface area contributed by atoms with Gasteiger partial charge in [-0.3, -0.25) is 9.59 Å². The number of anilines is 1. The summed E-state index contributed by atoms with van der Waals surface area (Å²) in [5.41, 5.74) is 3.94. The number of hydrogen-bond acceptors (Lipinski definition) is 3. The second-order valence-corrected chi connectivity index (χ2v) is 7.31. The fraction of sp³-hybridized carbons (Fsp3) is 0.364. The molecular formula is C22H25NO3. The van der Waals surface area contributed by atoms with E-state index in [1.54, 1.807) is 4.90 Å². The molecule has 136 valence electrons. The van der Waals surface area contributed by atoms with Crippen molar-refractivity contribution in [2.75, 3.05) is 11.4 Å². The van der Waals surface area contributed by atoms with E-state index in [2.05, 4.69) is 13.8 Å². The molecule has 1 aliphatic heterocycles. The Morgan fingerprint density at radius 1 is 1.15 bits per heavy atom. The number of nitrogens with zero attached hydrogens (tertiary/aromatic N) is 1. The second kappa shape index (κ2) is 7.32. The number of benzene rings is 2. The maximum Gasteiger partial charge on any atom is 0.316 e. The fourth-order valence-corrected chi connectivity index (χ4v) is 3.36. The number of hydrogen-bond donors (Lipinski definition) is 0. The Bertz CT molecular complexity index is 841. The summed E-state index contributed by atoms with van der Waals surface area (Å²) in [6.45, 7) is 8.45. The van der Waals surface area contributed by atoms with Crippen LogP contribution in [0.25, 0.3) is 0 Å². The highest BCUT2D eigenvalue weighted by Gasteiger charge is 2.37. The van der Waals surface area contributed by atoms with Gasteiger partial charge in [0.1, 0.15) is 5.75 Å². The molecule has 0 aromatic heterocycles. The van der Waals surface area contributed by atoms with Crippen molar-refractivity contribution in [2.24, 2.45) is 5.92 Å². The van der Waals surface area contributed by atoms with Gasteiger partial charge in [-0.15, -0.1) is 0 Å². The summed E-state index contributed by atoms with van der Waals surface area (Å²) >= 11 is 0. The average molecular weight is 351 g/mol. The Kier molecular flexibility index (Phi) is 5.12. The maximum absolute atomic E-state index is 12.7. The molecule has 2 aromatic carbocycles. The van der Waals surface area contributed by atoms with E-state index in [0.29, 0.717) is 12.3 Å². The molecule has 0 unspecified atom stereocenters. The Morgan fingerprint density at radius 3 is 2.58 bits per heavy atom. The zero-order chi connectivity index (χ0) is 18.8. The van der Waals surface area contributed by atoms with Gasteiger partial charge in [0.25, 0.3) is 0 Å². The normalized spacial score (nSPS) is 17.0. The van der Waals surface area contributed by atoms with Crippen LogP contribution in [0.5, 0.6) is 5.75 Å². The highest BCUT2D eigenvalue weighted by atomic mass is 16.5. The minimum atomic E-state index is -0.442. The van der Waals surface area contributed by atoms with Gasteiger partial charge in [0, 0.05) is 18.7 Å². The Labute approximate surface area is 154 Å². The van der Waals surface area contributed by atoms with Crippen molar-refractivity contribution >= 4 is 17.6 Å². The maximum atomic E-state index is 12.7. The molecule has 1 heterocycles. The SMILES string of the molecule is Cc1ccc(C(C)C)c(OC(=O)[C@H]2CC(=O)N(c3ccccc3C)C2)c1. The van der Waals surface area contributed by atoms with E-state index in [0.717, 1.165) is 22.4 Å². The van der Waals surface area contributed by atoms with Crippen LogP contribution in [0.15, 0.2) is 42.5 Å². The highest BCUT2D eigenvalue weighted by molar-refractivity contribution is 6.00. The molecule has 1 aliphatic rings. The van der Waals surface area contributed by atoms with Crippen LogP contribution in [-0.4, -0.2) is 18.4 Å². The molecule has 1 amide bonds. The first-order valence-corrected chi connectivity index (χ1v) is 9.05. The van der Waals surface area contributed by atoms with Gasteiger partial charge >= 0.3 is 5.97 Å². The van der Waals surface area contributed by atoms with Crippen LogP contribution < -0.4 is 9.64 Å². The lowest BCUT2D eigenvalue weighted by Crippen LogP contribution is -2.28. The van der Waals surface area contributed by atoms with Crippen molar-refractivity contribution in [3.63, 3.8) is 0 Å². The largest absolute Gasteiger partial charge is 0.426 e. The van der Waals surface area contributed by atoms with Gasteiger partial charge in [0.2, 0.25) is 5.91 Å². The third-order valence-electron chi connectivity index (χ3n) is 4.87. The van der Waals surface area contributed by atoms with E-state index >= 15 is 0 Å². The van der Waals surface area contributed by atoms with Crippen molar-refractivity contribution in [2.45, 2.75) is 40.0 Å². The van der Waals surface area contributed by atoms with Crippen molar-refractivity contribution in [1.29, 1.82) is 0 Å². The quantitative estimate of drug-likeness (QED) is 0.606. The van der Waals surface area contributed by atoms with Crippen LogP contribution in [0.2, 0.25) is 0 Å². The second-order valence-electron chi connectivity index (χ2n) is 7.31. The smallest absolute Gasteiger partial charge is 0.316 e. The third kappa shape index (κ3) is 3.64. The molecule has 4 heteroatoms. The molecular weight excluding hydrogens is 326 g/mol. The first kappa shape index (κ1) is 18.2. The number of carbonyl (C=O) groups is 2. The minimum absolute atomic E-state index is 0.0328. The molecule has 1 atom stereocenters. The highest BCUT2D eigenvalue weighted by Crippen LogP contribution is 2.31. The number of carbonyl (C=O) groups excluding carboxylic acids is 2. The van der Waals surface area contributed by atoms with Gasteiger partial charge in [-0.25, -0.2) is 0 Å². The van der Waals surface area contributed by atoms with Gasteiger partial charge in [-0.2, -0.15) is 0 Å². The zero-order valence-corrected chi connectivity index (χ0v) is 15.8. The topological polar surface area (TPSA) is 46.6 Å². The molecule has 3 rings (SSSR count). The number of esters is 1. The van der Waals surface area contributed by atoms with Crippen LogP contribution in [0.1, 0.15) is 42.9 Å². The minimum Gasteiger partial charge on any atom is -0.426 e. The molecule has 0 N–H and O–H groups in total. The number of aryl methyl sites for hydroxylation is 2. The van der Waals surface area contributed by atoms with Gasteiger partial charge in [0.15, 0.2) is 0 Å². The lowest BCUT2D eigenvalue weighted by Gasteiger charge is -2.19. The molecule has 0 bridgehead atoms. The fourth-order valence-electron chi connectivity index (χ4n) is 3.36. The van der Waals surface area contributed by atoms with Crippen LogP contribution in [0.3, 0.4) is 0 Å². The molecule has 26 heavy (non-hydrogen) atoms. The number of ether oxygens (including phenoxy) is 1.